The van der Waals surface area contributed by atoms with Crippen LogP contribution in [-0.4, -0.2) is 0 Å². The SMILES string of the molecule is [2H]C1=CC([2H])=C(Nc2c([2H])c([2H])c([2H])c([2H])c2[2H])C([2H])C1([2H])[2H]. The molecule has 1 aliphatic carbocycles. The molecule has 1 nitrogen and oxygen atoms in total. The largest absolute Gasteiger partial charge is 0.359 e. The quantitative estimate of drug-likeness (QED) is 0.738. The molecule has 1 aromatic rings. The third-order valence-electron chi connectivity index (χ3n) is 1.36. The van der Waals surface area contributed by atoms with Crippen LogP contribution in [0.1, 0.15) is 26.5 Å². The van der Waals surface area contributed by atoms with E-state index in [0.717, 1.165) is 6.08 Å². The first-order valence-electron chi connectivity index (χ1n) is 8.73. The van der Waals surface area contributed by atoms with Gasteiger partial charge in [0.15, 0.2) is 0 Å². The minimum Gasteiger partial charge on any atom is -0.359 e. The molecule has 1 aromatic carbocycles. The second-order valence-corrected chi connectivity index (χ2v) is 2.26. The molecule has 0 saturated carbocycles. The molecule has 0 heterocycles. The van der Waals surface area contributed by atoms with E-state index in [1.165, 1.54) is 0 Å². The smallest absolute Gasteiger partial charge is 0.0645 e. The molecule has 1 heteroatoms. The molecule has 0 aliphatic heterocycles. The fourth-order valence-corrected chi connectivity index (χ4v) is 0.830. The first kappa shape index (κ1) is 2.50. The number of rotatable bonds is 2. The van der Waals surface area contributed by atoms with E-state index >= 15 is 0 Å². The lowest BCUT2D eigenvalue weighted by Gasteiger charge is -2.11. The zero-order chi connectivity index (χ0) is 17.7. The summed E-state index contributed by atoms with van der Waals surface area (Å²) in [7, 11) is 0. The maximum atomic E-state index is 7.90. The summed E-state index contributed by atoms with van der Waals surface area (Å²) in [5.74, 6) is 0. The molecule has 1 aliphatic rings. The van der Waals surface area contributed by atoms with E-state index in [1.54, 1.807) is 0 Å². The van der Waals surface area contributed by atoms with Gasteiger partial charge in [-0.15, -0.1) is 0 Å². The van der Waals surface area contributed by atoms with Gasteiger partial charge < -0.3 is 5.32 Å². The van der Waals surface area contributed by atoms with Gasteiger partial charge in [-0.2, -0.15) is 0 Å². The normalized spacial score (nSPS) is 37.2. The Balaban J connectivity index is 2.58. The summed E-state index contributed by atoms with van der Waals surface area (Å²) in [6, 6.07) is -3.64. The van der Waals surface area contributed by atoms with E-state index in [9.17, 15) is 0 Å². The lowest BCUT2D eigenvalue weighted by atomic mass is 10.1. The highest BCUT2D eigenvalue weighted by Gasteiger charge is 1.98. The molecule has 0 saturated heterocycles. The summed E-state index contributed by atoms with van der Waals surface area (Å²) in [6.07, 6.45) is -3.06. The number of anilines is 1. The van der Waals surface area contributed by atoms with E-state index in [4.69, 9.17) is 13.7 Å². The van der Waals surface area contributed by atoms with Crippen molar-refractivity contribution in [3.8, 4) is 0 Å². The Labute approximate surface area is 92.8 Å². The van der Waals surface area contributed by atoms with Gasteiger partial charge in [0, 0.05) is 15.5 Å². The molecule has 0 spiro atoms. The Morgan fingerprint density at radius 2 is 2.15 bits per heavy atom. The Hall–Kier alpha value is -1.50. The highest BCUT2D eigenvalue weighted by atomic mass is 14.9. The van der Waals surface area contributed by atoms with Gasteiger partial charge in [0.1, 0.15) is 0 Å². The van der Waals surface area contributed by atoms with E-state index in [1.807, 2.05) is 0 Å². The van der Waals surface area contributed by atoms with Crippen molar-refractivity contribution in [1.29, 1.82) is 0 Å². The van der Waals surface area contributed by atoms with Crippen molar-refractivity contribution < 1.29 is 13.7 Å². The lowest BCUT2D eigenvalue weighted by molar-refractivity contribution is 0.967. The number of nitrogens with one attached hydrogen (secondary N) is 1. The van der Waals surface area contributed by atoms with Crippen LogP contribution in [0.15, 0.2) is 54.1 Å². The fourth-order valence-electron chi connectivity index (χ4n) is 0.830. The Morgan fingerprint density at radius 3 is 3.00 bits per heavy atom. The van der Waals surface area contributed by atoms with Crippen molar-refractivity contribution in [3.63, 3.8) is 0 Å². The van der Waals surface area contributed by atoms with Crippen molar-refractivity contribution in [2.45, 2.75) is 12.8 Å². The van der Waals surface area contributed by atoms with Gasteiger partial charge in [-0.3, -0.25) is 0 Å². The molecule has 1 N–H and O–H groups in total. The molecule has 1 atom stereocenters. The zero-order valence-corrected chi connectivity index (χ0v) is 6.65. The van der Waals surface area contributed by atoms with Crippen molar-refractivity contribution in [2.24, 2.45) is 0 Å². The van der Waals surface area contributed by atoms with Crippen LogP contribution in [0.25, 0.3) is 0 Å². The van der Waals surface area contributed by atoms with Crippen LogP contribution in [0.4, 0.5) is 5.69 Å². The van der Waals surface area contributed by atoms with Gasteiger partial charge in [-0.25, -0.2) is 0 Å². The average Bonchev–Trinajstić information content (AvgIpc) is 2.49. The van der Waals surface area contributed by atoms with Gasteiger partial charge in [0.25, 0.3) is 0 Å². The zero-order valence-electron chi connectivity index (χ0n) is 16.7. The standard InChI is InChI=1S/C12H13N/c1-3-7-11(8-4-1)13-12-9-5-2-6-10-12/h1-5,7-9,13H,6,10H2/i1D,2D,3D,4D,6D2,7D,8D,9D,10D. The number of allylic oxidation sites excluding steroid dienone is 4. The molecule has 66 valence electrons. The maximum absolute atomic E-state index is 7.90. The molecule has 2 rings (SSSR count). The molecule has 13 heavy (non-hydrogen) atoms. The van der Waals surface area contributed by atoms with Gasteiger partial charge in [-0.05, 0) is 30.9 Å². The Kier molecular flexibility index (Phi) is 0.760. The number of hydrogen-bond donors (Lipinski definition) is 1. The third-order valence-corrected chi connectivity index (χ3v) is 1.36. The molecule has 0 radical (unpaired) electrons. The summed E-state index contributed by atoms with van der Waals surface area (Å²) >= 11 is 0. The van der Waals surface area contributed by atoms with Crippen molar-refractivity contribution in [2.75, 3.05) is 5.32 Å². The van der Waals surface area contributed by atoms with Gasteiger partial charge >= 0.3 is 0 Å². The van der Waals surface area contributed by atoms with Crippen molar-refractivity contribution in [1.82, 2.24) is 0 Å². The second-order valence-electron chi connectivity index (χ2n) is 2.26. The molecule has 0 amide bonds. The summed E-state index contributed by atoms with van der Waals surface area (Å²) in [5.41, 5.74) is -0.588. The van der Waals surface area contributed by atoms with Crippen LogP contribution in [-0.2, 0) is 0 Å². The van der Waals surface area contributed by atoms with Crippen molar-refractivity contribution in [3.05, 3.63) is 54.1 Å². The minimum absolute atomic E-state index is 0.260. The van der Waals surface area contributed by atoms with Crippen LogP contribution in [0.2, 0.25) is 0 Å². The lowest BCUT2D eigenvalue weighted by Crippen LogP contribution is -2.00. The molecule has 0 bridgehead atoms. The van der Waals surface area contributed by atoms with Gasteiger partial charge in [0.05, 0.1) is 9.60 Å². The predicted octanol–water partition coefficient (Wildman–Crippen LogP) is 3.33. The molecule has 0 aromatic heterocycles. The van der Waals surface area contributed by atoms with E-state index in [0.29, 0.717) is 0 Å². The molecule has 1 unspecified atom stereocenters. The summed E-state index contributed by atoms with van der Waals surface area (Å²) < 4.78 is 76.9. The fraction of sp³-hybridized carbons (Fsp3) is 0.167. The first-order valence-corrected chi connectivity index (χ1v) is 3.65. The summed E-state index contributed by atoms with van der Waals surface area (Å²) in [4.78, 5) is 0. The highest BCUT2D eigenvalue weighted by molar-refractivity contribution is 5.48. The number of benzene rings is 1. The Morgan fingerprint density at radius 1 is 1.31 bits per heavy atom. The minimum atomic E-state index is -2.35. The highest BCUT2D eigenvalue weighted by Crippen LogP contribution is 2.15. The van der Waals surface area contributed by atoms with Gasteiger partial charge in [0.2, 0.25) is 0 Å². The molecule has 0 fully saturated rings. The molecular weight excluding hydrogens is 158 g/mol. The van der Waals surface area contributed by atoms with Crippen LogP contribution in [0.5, 0.6) is 0 Å². The number of para-hydroxylation sites is 1. The Bertz CT molecular complexity index is 707. The summed E-state index contributed by atoms with van der Waals surface area (Å²) in [5, 5.41) is 2.44. The second kappa shape index (κ2) is 3.94. The van der Waals surface area contributed by atoms with Crippen molar-refractivity contribution >= 4 is 5.69 Å². The monoisotopic (exact) mass is 181 g/mol. The number of hydrogen-bond acceptors (Lipinski definition) is 1. The van der Waals surface area contributed by atoms with Crippen LogP contribution >= 0.6 is 0 Å². The maximum Gasteiger partial charge on any atom is 0.0645 e. The van der Waals surface area contributed by atoms with Crippen LogP contribution in [0, 0.1) is 0 Å². The molecular formula is C12H13N. The van der Waals surface area contributed by atoms with Gasteiger partial charge in [-0.1, -0.05) is 30.3 Å². The predicted molar refractivity (Wildman–Crippen MR) is 56.5 cm³/mol. The summed E-state index contributed by atoms with van der Waals surface area (Å²) in [6.45, 7) is 0. The van der Waals surface area contributed by atoms with E-state index in [2.05, 4.69) is 5.32 Å². The van der Waals surface area contributed by atoms with Crippen LogP contribution < -0.4 is 5.32 Å². The van der Waals surface area contributed by atoms with E-state index < -0.39 is 49.0 Å². The average molecular weight is 181 g/mol. The topological polar surface area (TPSA) is 12.0 Å². The van der Waals surface area contributed by atoms with Crippen LogP contribution in [0.3, 0.4) is 0 Å². The third kappa shape index (κ3) is 2.22. The first-order chi connectivity index (χ1) is 10.5. The van der Waals surface area contributed by atoms with E-state index in [-0.39, 0.29) is 17.4 Å².